The largest absolute Gasteiger partial charge is 0.497 e. The number of hydrogen-bond donors (Lipinski definition) is 0. The molecule has 0 saturated heterocycles. The van der Waals surface area contributed by atoms with Crippen molar-refractivity contribution in [1.82, 2.24) is 4.90 Å². The number of nitrogens with zero attached hydrogens (tertiary/aromatic N) is 1. The van der Waals surface area contributed by atoms with E-state index in [0.717, 1.165) is 27.0 Å². The van der Waals surface area contributed by atoms with Gasteiger partial charge in [-0.15, -0.1) is 0 Å². The Morgan fingerprint density at radius 3 is 2.21 bits per heavy atom. The van der Waals surface area contributed by atoms with Gasteiger partial charge in [0.15, 0.2) is 0 Å². The highest BCUT2D eigenvalue weighted by molar-refractivity contribution is 6.22. The van der Waals surface area contributed by atoms with Crippen molar-refractivity contribution in [3.63, 3.8) is 0 Å². The third-order valence-corrected chi connectivity index (χ3v) is 4.68. The third-order valence-electron chi connectivity index (χ3n) is 4.68. The Morgan fingerprint density at radius 2 is 1.54 bits per heavy atom. The lowest BCUT2D eigenvalue weighted by Crippen LogP contribution is -2.35. The molecule has 0 aromatic heterocycles. The molecule has 0 unspecified atom stereocenters. The van der Waals surface area contributed by atoms with Crippen molar-refractivity contribution in [2.75, 3.05) is 13.7 Å². The number of carbonyl (C=O) groups is 3. The smallest absolute Gasteiger partial charge is 0.326 e. The number of rotatable bonds is 5. The number of imide groups is 1. The van der Waals surface area contributed by atoms with Crippen LogP contribution in [0.25, 0.3) is 10.8 Å². The highest BCUT2D eigenvalue weighted by atomic mass is 16.5. The molecule has 140 valence electrons. The van der Waals surface area contributed by atoms with Crippen LogP contribution in [0.2, 0.25) is 0 Å². The summed E-state index contributed by atoms with van der Waals surface area (Å²) in [4.78, 5) is 37.7. The molecule has 3 aromatic carbocycles. The number of ether oxygens (including phenoxy) is 2. The summed E-state index contributed by atoms with van der Waals surface area (Å²) in [5, 5.41) is 2.01. The summed E-state index contributed by atoms with van der Waals surface area (Å²) < 4.78 is 10.5. The van der Waals surface area contributed by atoms with Crippen LogP contribution in [0.15, 0.2) is 60.7 Å². The van der Waals surface area contributed by atoms with Crippen LogP contribution in [0.5, 0.6) is 5.75 Å². The maximum Gasteiger partial charge on any atom is 0.326 e. The van der Waals surface area contributed by atoms with Crippen LogP contribution < -0.4 is 4.74 Å². The molecule has 3 aromatic rings. The molecule has 6 nitrogen and oxygen atoms in total. The Labute approximate surface area is 161 Å². The van der Waals surface area contributed by atoms with Crippen LogP contribution >= 0.6 is 0 Å². The lowest BCUT2D eigenvalue weighted by Gasteiger charge is -2.13. The van der Waals surface area contributed by atoms with E-state index in [9.17, 15) is 14.4 Å². The number of benzene rings is 3. The molecule has 28 heavy (non-hydrogen) atoms. The third kappa shape index (κ3) is 3.20. The average molecular weight is 375 g/mol. The van der Waals surface area contributed by atoms with Gasteiger partial charge in [-0.05, 0) is 46.7 Å². The maximum atomic E-state index is 12.3. The predicted octanol–water partition coefficient (Wildman–Crippen LogP) is 3.19. The van der Waals surface area contributed by atoms with E-state index in [1.165, 1.54) is 0 Å². The molecule has 4 rings (SSSR count). The van der Waals surface area contributed by atoms with E-state index in [-0.39, 0.29) is 6.61 Å². The fourth-order valence-electron chi connectivity index (χ4n) is 3.21. The monoisotopic (exact) mass is 375 g/mol. The molecule has 0 spiro atoms. The van der Waals surface area contributed by atoms with E-state index >= 15 is 0 Å². The molecule has 0 radical (unpaired) electrons. The highest BCUT2D eigenvalue weighted by Gasteiger charge is 2.36. The van der Waals surface area contributed by atoms with Crippen LogP contribution in [0.4, 0.5) is 0 Å². The van der Waals surface area contributed by atoms with Gasteiger partial charge in [0.1, 0.15) is 18.9 Å². The zero-order valence-electron chi connectivity index (χ0n) is 15.2. The Morgan fingerprint density at radius 1 is 0.893 bits per heavy atom. The minimum Gasteiger partial charge on any atom is -0.497 e. The second kappa shape index (κ2) is 7.15. The van der Waals surface area contributed by atoms with Gasteiger partial charge in [0.25, 0.3) is 11.8 Å². The fourth-order valence-corrected chi connectivity index (χ4v) is 3.21. The standard InChI is InChI=1S/C22H17NO5/c1-27-17-9-8-15-10-14(6-7-16(15)11-17)13-28-20(24)12-23-21(25)18-4-2-3-5-19(18)22(23)26/h2-11H,12-13H2,1H3. The molecule has 6 heteroatoms. The first-order chi connectivity index (χ1) is 13.6. The molecule has 0 fully saturated rings. The Balaban J connectivity index is 1.40. The van der Waals surface area contributed by atoms with Crippen molar-refractivity contribution in [1.29, 1.82) is 0 Å². The Bertz CT molecular complexity index is 1070. The fraction of sp³-hybridized carbons (Fsp3) is 0.136. The van der Waals surface area contributed by atoms with Crippen LogP contribution in [0, 0.1) is 0 Å². The lowest BCUT2D eigenvalue weighted by atomic mass is 10.1. The molecule has 1 heterocycles. The predicted molar refractivity (Wildman–Crippen MR) is 102 cm³/mol. The van der Waals surface area contributed by atoms with Crippen LogP contribution in [0.3, 0.4) is 0 Å². The lowest BCUT2D eigenvalue weighted by molar-refractivity contribution is -0.145. The molecule has 0 N–H and O–H groups in total. The summed E-state index contributed by atoms with van der Waals surface area (Å²) in [5.74, 6) is -0.814. The molecule has 0 aliphatic carbocycles. The van der Waals surface area contributed by atoms with Crippen LogP contribution in [0.1, 0.15) is 26.3 Å². The van der Waals surface area contributed by atoms with E-state index in [0.29, 0.717) is 11.1 Å². The van der Waals surface area contributed by atoms with Gasteiger partial charge in [-0.2, -0.15) is 0 Å². The van der Waals surface area contributed by atoms with Crippen molar-refractivity contribution >= 4 is 28.6 Å². The number of esters is 1. The molecule has 2 amide bonds. The summed E-state index contributed by atoms with van der Waals surface area (Å²) in [6, 6.07) is 17.9. The van der Waals surface area contributed by atoms with E-state index < -0.39 is 24.3 Å². The zero-order chi connectivity index (χ0) is 19.7. The zero-order valence-corrected chi connectivity index (χ0v) is 15.2. The summed E-state index contributed by atoms with van der Waals surface area (Å²) in [6.45, 7) is -0.346. The van der Waals surface area contributed by atoms with Gasteiger partial charge in [0, 0.05) is 0 Å². The van der Waals surface area contributed by atoms with Gasteiger partial charge in [-0.1, -0.05) is 30.3 Å². The first-order valence-corrected chi connectivity index (χ1v) is 8.74. The summed E-state index contributed by atoms with van der Waals surface area (Å²) in [7, 11) is 1.61. The first kappa shape index (κ1) is 17.7. The Kier molecular flexibility index (Phi) is 4.53. The normalized spacial score (nSPS) is 13.0. The quantitative estimate of drug-likeness (QED) is 0.506. The second-order valence-electron chi connectivity index (χ2n) is 6.45. The molecule has 1 aliphatic rings. The Hall–Kier alpha value is -3.67. The molecular formula is C22H17NO5. The molecular weight excluding hydrogens is 358 g/mol. The molecule has 0 atom stereocenters. The van der Waals surface area contributed by atoms with E-state index in [1.807, 2.05) is 36.4 Å². The van der Waals surface area contributed by atoms with Crippen LogP contribution in [-0.2, 0) is 16.1 Å². The number of methoxy groups -OCH3 is 1. The van der Waals surface area contributed by atoms with Gasteiger partial charge >= 0.3 is 5.97 Å². The van der Waals surface area contributed by atoms with E-state index in [1.54, 1.807) is 31.4 Å². The molecule has 0 saturated carbocycles. The van der Waals surface area contributed by atoms with Gasteiger partial charge in [0.2, 0.25) is 0 Å². The summed E-state index contributed by atoms with van der Waals surface area (Å²) in [5.41, 5.74) is 1.43. The molecule has 1 aliphatic heterocycles. The molecule has 0 bridgehead atoms. The maximum absolute atomic E-state index is 12.3. The van der Waals surface area contributed by atoms with E-state index in [4.69, 9.17) is 9.47 Å². The number of amides is 2. The number of fused-ring (bicyclic) bond motifs is 2. The van der Waals surface area contributed by atoms with Gasteiger partial charge in [0.05, 0.1) is 18.2 Å². The van der Waals surface area contributed by atoms with Crippen molar-refractivity contribution in [2.24, 2.45) is 0 Å². The average Bonchev–Trinajstić information content (AvgIpc) is 2.97. The second-order valence-corrected chi connectivity index (χ2v) is 6.45. The van der Waals surface area contributed by atoms with Crippen molar-refractivity contribution in [2.45, 2.75) is 6.61 Å². The van der Waals surface area contributed by atoms with Crippen molar-refractivity contribution < 1.29 is 23.9 Å². The van der Waals surface area contributed by atoms with E-state index in [2.05, 4.69) is 0 Å². The van der Waals surface area contributed by atoms with Gasteiger partial charge < -0.3 is 9.47 Å². The minimum atomic E-state index is -0.635. The summed E-state index contributed by atoms with van der Waals surface area (Å²) >= 11 is 0. The minimum absolute atomic E-state index is 0.0595. The number of hydrogen-bond acceptors (Lipinski definition) is 5. The highest BCUT2D eigenvalue weighted by Crippen LogP contribution is 2.23. The first-order valence-electron chi connectivity index (χ1n) is 8.74. The SMILES string of the molecule is COc1ccc2cc(COC(=O)CN3C(=O)c4ccccc4C3=O)ccc2c1. The van der Waals surface area contributed by atoms with Crippen molar-refractivity contribution in [3.05, 3.63) is 77.4 Å². The summed E-state index contributed by atoms with van der Waals surface area (Å²) in [6.07, 6.45) is 0. The van der Waals surface area contributed by atoms with Crippen molar-refractivity contribution in [3.8, 4) is 5.75 Å². The van der Waals surface area contributed by atoms with Gasteiger partial charge in [-0.3, -0.25) is 19.3 Å². The van der Waals surface area contributed by atoms with Crippen LogP contribution in [-0.4, -0.2) is 36.3 Å². The van der Waals surface area contributed by atoms with Gasteiger partial charge in [-0.25, -0.2) is 0 Å². The number of carbonyl (C=O) groups excluding carboxylic acids is 3. The topological polar surface area (TPSA) is 72.9 Å².